The molecule has 3 N–H and O–H groups in total. The molecule has 132 valence electrons. The highest BCUT2D eigenvalue weighted by Gasteiger charge is 2.15. The molecule has 7 nitrogen and oxygen atoms in total. The Morgan fingerprint density at radius 1 is 0.963 bits per heavy atom. The minimum atomic E-state index is -0.354. The summed E-state index contributed by atoms with van der Waals surface area (Å²) in [7, 11) is 0. The molecular formula is C19H12ClN5O2. The standard InChI is InChI=1S/C19H12ClN5O2/c20-13-4-1-10(2-5-13)17-18-22-15(8-16(26)25(18)24-19(17)27)11-3-6-14-12(7-11)9-21-23-14/h1-9,22H,(H,21,23)(H,24,27). The fourth-order valence-corrected chi connectivity index (χ4v) is 3.34. The van der Waals surface area contributed by atoms with Crippen molar-refractivity contribution >= 4 is 28.2 Å². The van der Waals surface area contributed by atoms with Gasteiger partial charge in [-0.25, -0.2) is 0 Å². The van der Waals surface area contributed by atoms with Crippen LogP contribution in [0, 0.1) is 0 Å². The summed E-state index contributed by atoms with van der Waals surface area (Å²) in [6.45, 7) is 0. The van der Waals surface area contributed by atoms with Gasteiger partial charge in [0, 0.05) is 16.5 Å². The lowest BCUT2D eigenvalue weighted by Gasteiger charge is -2.05. The molecule has 2 aromatic carbocycles. The Bertz CT molecular complexity index is 1420. The number of benzene rings is 2. The Morgan fingerprint density at radius 3 is 2.56 bits per heavy atom. The molecule has 8 heteroatoms. The maximum atomic E-state index is 12.6. The quantitative estimate of drug-likeness (QED) is 0.440. The van der Waals surface area contributed by atoms with Crippen LogP contribution in [0.1, 0.15) is 0 Å². The van der Waals surface area contributed by atoms with Crippen LogP contribution >= 0.6 is 11.6 Å². The predicted octanol–water partition coefficient (Wildman–Crippen LogP) is 3.18. The van der Waals surface area contributed by atoms with Gasteiger partial charge in [-0.15, -0.1) is 0 Å². The monoisotopic (exact) mass is 377 g/mol. The molecule has 0 unspecified atom stereocenters. The SMILES string of the molecule is O=c1[nH]n2c(=O)cc(-c3ccc4[nH]ncc4c3)[nH]c2c1-c1ccc(Cl)cc1. The highest BCUT2D eigenvalue weighted by atomic mass is 35.5. The molecule has 0 saturated heterocycles. The zero-order chi connectivity index (χ0) is 18.5. The first-order valence-electron chi connectivity index (χ1n) is 8.18. The molecule has 0 amide bonds. The van der Waals surface area contributed by atoms with Gasteiger partial charge in [-0.1, -0.05) is 29.8 Å². The van der Waals surface area contributed by atoms with E-state index < -0.39 is 0 Å². The van der Waals surface area contributed by atoms with Crippen molar-refractivity contribution in [2.75, 3.05) is 0 Å². The molecule has 3 aromatic heterocycles. The third-order valence-electron chi connectivity index (χ3n) is 4.53. The van der Waals surface area contributed by atoms with E-state index in [9.17, 15) is 9.59 Å². The molecule has 5 rings (SSSR count). The van der Waals surface area contributed by atoms with Crippen LogP contribution in [0.2, 0.25) is 5.02 Å². The van der Waals surface area contributed by atoms with Crippen molar-refractivity contribution in [3.63, 3.8) is 0 Å². The van der Waals surface area contributed by atoms with E-state index in [-0.39, 0.29) is 11.1 Å². The zero-order valence-electron chi connectivity index (χ0n) is 13.8. The molecule has 0 aliphatic carbocycles. The zero-order valence-corrected chi connectivity index (χ0v) is 14.5. The van der Waals surface area contributed by atoms with Crippen molar-refractivity contribution in [3.8, 4) is 22.4 Å². The second kappa shape index (κ2) is 5.72. The molecule has 0 aliphatic heterocycles. The third-order valence-corrected chi connectivity index (χ3v) is 4.78. The molecule has 0 atom stereocenters. The molecule has 0 saturated carbocycles. The van der Waals surface area contributed by atoms with E-state index >= 15 is 0 Å². The maximum Gasteiger partial charge on any atom is 0.274 e. The number of hydrogen-bond acceptors (Lipinski definition) is 3. The average Bonchev–Trinajstić information content (AvgIpc) is 3.26. The van der Waals surface area contributed by atoms with Gasteiger partial charge >= 0.3 is 0 Å². The lowest BCUT2D eigenvalue weighted by atomic mass is 10.1. The van der Waals surface area contributed by atoms with E-state index in [1.54, 1.807) is 30.5 Å². The van der Waals surface area contributed by atoms with Crippen LogP contribution in [0.25, 0.3) is 38.9 Å². The fourth-order valence-electron chi connectivity index (χ4n) is 3.22. The largest absolute Gasteiger partial charge is 0.339 e. The van der Waals surface area contributed by atoms with E-state index in [4.69, 9.17) is 11.6 Å². The lowest BCUT2D eigenvalue weighted by Crippen LogP contribution is -2.15. The minimum Gasteiger partial charge on any atom is -0.339 e. The Balaban J connectivity index is 1.78. The van der Waals surface area contributed by atoms with Gasteiger partial charge in [0.05, 0.1) is 23.0 Å². The number of halogens is 1. The highest BCUT2D eigenvalue weighted by molar-refractivity contribution is 6.30. The molecule has 0 radical (unpaired) electrons. The lowest BCUT2D eigenvalue weighted by molar-refractivity contribution is 0.884. The molecule has 0 aliphatic rings. The number of nitrogens with one attached hydrogen (secondary N) is 3. The Kier molecular flexibility index (Phi) is 3.32. The van der Waals surface area contributed by atoms with E-state index in [2.05, 4.69) is 20.3 Å². The average molecular weight is 378 g/mol. The predicted molar refractivity (Wildman–Crippen MR) is 104 cm³/mol. The van der Waals surface area contributed by atoms with Gasteiger partial charge in [0.1, 0.15) is 5.65 Å². The van der Waals surface area contributed by atoms with Gasteiger partial charge in [-0.2, -0.15) is 9.61 Å². The van der Waals surface area contributed by atoms with Gasteiger partial charge in [-0.3, -0.25) is 19.8 Å². The number of hydrogen-bond donors (Lipinski definition) is 3. The first-order chi connectivity index (χ1) is 13.1. The molecule has 0 fully saturated rings. The topological polar surface area (TPSA) is 98.8 Å². The third kappa shape index (κ3) is 2.48. The first-order valence-corrected chi connectivity index (χ1v) is 8.55. The Labute approximate surface area is 156 Å². The van der Waals surface area contributed by atoms with E-state index in [1.807, 2.05) is 18.2 Å². The summed E-state index contributed by atoms with van der Waals surface area (Å²) in [5.74, 6) is 0. The number of H-pyrrole nitrogens is 3. The fraction of sp³-hybridized carbons (Fsp3) is 0. The maximum absolute atomic E-state index is 12.6. The van der Waals surface area contributed by atoms with Crippen molar-refractivity contribution in [1.29, 1.82) is 0 Å². The van der Waals surface area contributed by atoms with Crippen molar-refractivity contribution in [3.05, 3.63) is 80.5 Å². The van der Waals surface area contributed by atoms with Crippen molar-refractivity contribution in [1.82, 2.24) is 24.8 Å². The van der Waals surface area contributed by atoms with Crippen molar-refractivity contribution < 1.29 is 0 Å². The summed E-state index contributed by atoms with van der Waals surface area (Å²) < 4.78 is 1.21. The number of nitrogens with zero attached hydrogens (tertiary/aromatic N) is 2. The van der Waals surface area contributed by atoms with Gasteiger partial charge in [0.15, 0.2) is 0 Å². The second-order valence-corrected chi connectivity index (χ2v) is 6.64. The summed E-state index contributed by atoms with van der Waals surface area (Å²) in [5, 5.41) is 11.0. The Hall–Kier alpha value is -3.58. The van der Waals surface area contributed by atoms with Crippen LogP contribution < -0.4 is 11.1 Å². The van der Waals surface area contributed by atoms with Crippen LogP contribution in [0.3, 0.4) is 0 Å². The number of aromatic nitrogens is 5. The van der Waals surface area contributed by atoms with Crippen LogP contribution in [-0.4, -0.2) is 24.8 Å². The Morgan fingerprint density at radius 2 is 1.74 bits per heavy atom. The van der Waals surface area contributed by atoms with Gasteiger partial charge in [0.2, 0.25) is 0 Å². The van der Waals surface area contributed by atoms with Gasteiger partial charge < -0.3 is 4.98 Å². The molecule has 5 aromatic rings. The second-order valence-electron chi connectivity index (χ2n) is 6.20. The number of fused-ring (bicyclic) bond motifs is 2. The molecule has 27 heavy (non-hydrogen) atoms. The number of rotatable bonds is 2. The summed E-state index contributed by atoms with van der Waals surface area (Å²) in [6.07, 6.45) is 1.72. The molecule has 3 heterocycles. The number of aromatic amines is 3. The molecule has 0 spiro atoms. The van der Waals surface area contributed by atoms with Crippen molar-refractivity contribution in [2.24, 2.45) is 0 Å². The van der Waals surface area contributed by atoms with E-state index in [1.165, 1.54) is 10.6 Å². The summed E-state index contributed by atoms with van der Waals surface area (Å²) >= 11 is 5.94. The molecule has 0 bridgehead atoms. The van der Waals surface area contributed by atoms with Gasteiger partial charge in [0.25, 0.3) is 11.1 Å². The summed E-state index contributed by atoms with van der Waals surface area (Å²) in [6, 6.07) is 14.1. The van der Waals surface area contributed by atoms with E-state index in [0.717, 1.165) is 16.5 Å². The van der Waals surface area contributed by atoms with Crippen molar-refractivity contribution in [2.45, 2.75) is 0 Å². The normalized spacial score (nSPS) is 11.4. The summed E-state index contributed by atoms with van der Waals surface area (Å²) in [5.41, 5.74) is 3.10. The van der Waals surface area contributed by atoms with Crippen LogP contribution in [0.4, 0.5) is 0 Å². The first kappa shape index (κ1) is 15.7. The minimum absolute atomic E-state index is 0.330. The highest BCUT2D eigenvalue weighted by Crippen LogP contribution is 2.25. The smallest absolute Gasteiger partial charge is 0.274 e. The van der Waals surface area contributed by atoms with Crippen LogP contribution in [0.5, 0.6) is 0 Å². The van der Waals surface area contributed by atoms with Gasteiger partial charge in [-0.05, 0) is 35.4 Å². The van der Waals surface area contributed by atoms with E-state index in [0.29, 0.717) is 27.5 Å². The summed E-state index contributed by atoms with van der Waals surface area (Å²) in [4.78, 5) is 28.3. The van der Waals surface area contributed by atoms with Crippen LogP contribution in [0.15, 0.2) is 64.3 Å². The molecular weight excluding hydrogens is 366 g/mol. The van der Waals surface area contributed by atoms with Crippen LogP contribution in [-0.2, 0) is 0 Å².